The van der Waals surface area contributed by atoms with E-state index in [1.54, 1.807) is 4.90 Å². The van der Waals surface area contributed by atoms with Gasteiger partial charge in [0.2, 0.25) is 0 Å². The lowest BCUT2D eigenvalue weighted by molar-refractivity contribution is 0.0444. The fraction of sp³-hybridized carbons (Fsp3) is 0.259. The van der Waals surface area contributed by atoms with Crippen molar-refractivity contribution in [2.24, 2.45) is 0 Å². The third-order valence-electron chi connectivity index (χ3n) is 6.41. The number of nitrogens with one attached hydrogen (secondary N) is 1. The van der Waals surface area contributed by atoms with E-state index in [1.807, 2.05) is 36.4 Å². The first-order valence-corrected chi connectivity index (χ1v) is 11.3. The number of fused-ring (bicyclic) bond motifs is 2. The molecule has 33 heavy (non-hydrogen) atoms. The summed E-state index contributed by atoms with van der Waals surface area (Å²) in [4.78, 5) is 22.8. The molecule has 0 bridgehead atoms. The van der Waals surface area contributed by atoms with Crippen LogP contribution in [0.25, 0.3) is 22.4 Å². The Morgan fingerprint density at radius 3 is 2.76 bits per heavy atom. The molecule has 0 saturated carbocycles. The first-order valence-electron chi connectivity index (χ1n) is 11.3. The molecule has 0 fully saturated rings. The maximum absolute atomic E-state index is 13.0. The summed E-state index contributed by atoms with van der Waals surface area (Å²) < 4.78 is 0. The number of H-pyrrole nitrogens is 1. The van der Waals surface area contributed by atoms with Crippen LogP contribution in [-0.2, 0) is 12.8 Å². The number of imidazole rings is 1. The quantitative estimate of drug-likeness (QED) is 0.427. The number of benzene rings is 3. The Kier molecular flexibility index (Phi) is 5.70. The van der Waals surface area contributed by atoms with Crippen LogP contribution in [0.1, 0.15) is 32.6 Å². The van der Waals surface area contributed by atoms with Crippen LogP contribution < -0.4 is 0 Å². The largest absolute Gasteiger partial charge is 0.394 e. The normalized spacial score (nSPS) is 14.5. The number of rotatable bonds is 6. The highest BCUT2D eigenvalue weighted by Gasteiger charge is 2.27. The summed E-state index contributed by atoms with van der Waals surface area (Å²) in [7, 11) is 0. The Balaban J connectivity index is 1.44. The van der Waals surface area contributed by atoms with Crippen LogP contribution in [0.2, 0.25) is 0 Å². The predicted octanol–water partition coefficient (Wildman–Crippen LogP) is 3.48. The lowest BCUT2D eigenvalue weighted by Gasteiger charge is -2.31. The van der Waals surface area contributed by atoms with Crippen LogP contribution >= 0.6 is 0 Å². The minimum atomic E-state index is -0.914. The SMILES string of the molecule is Cc1ccc(Cc2cccc3c2CCN(C[C@H](O)CO)C3=O)cc1-c1nc2ccccc2[nH]1. The van der Waals surface area contributed by atoms with Crippen LogP contribution in [0.4, 0.5) is 0 Å². The maximum Gasteiger partial charge on any atom is 0.254 e. The molecule has 0 radical (unpaired) electrons. The van der Waals surface area contributed by atoms with E-state index in [1.165, 1.54) is 0 Å². The number of nitrogens with zero attached hydrogens (tertiary/aromatic N) is 2. The average Bonchev–Trinajstić information content (AvgIpc) is 3.26. The number of β-amino-alcohol motifs (C(OH)–C–C–N with tert-alkyl or cyclic N) is 1. The van der Waals surface area contributed by atoms with Gasteiger partial charge < -0.3 is 20.1 Å². The number of aliphatic hydroxyl groups is 2. The molecule has 1 atom stereocenters. The molecule has 5 rings (SSSR count). The molecule has 0 saturated heterocycles. The van der Waals surface area contributed by atoms with Gasteiger partial charge in [0.05, 0.1) is 23.7 Å². The zero-order valence-electron chi connectivity index (χ0n) is 18.6. The van der Waals surface area contributed by atoms with E-state index in [0.717, 1.165) is 57.5 Å². The molecule has 4 aromatic rings. The van der Waals surface area contributed by atoms with Gasteiger partial charge in [0, 0.05) is 24.2 Å². The van der Waals surface area contributed by atoms with Gasteiger partial charge in [-0.3, -0.25) is 4.79 Å². The van der Waals surface area contributed by atoms with Crippen molar-refractivity contribution in [3.05, 3.63) is 88.5 Å². The van der Waals surface area contributed by atoms with E-state index >= 15 is 0 Å². The van der Waals surface area contributed by atoms with Crippen molar-refractivity contribution in [1.82, 2.24) is 14.9 Å². The van der Waals surface area contributed by atoms with Crippen molar-refractivity contribution in [1.29, 1.82) is 0 Å². The minimum absolute atomic E-state index is 0.0857. The van der Waals surface area contributed by atoms with Crippen molar-refractivity contribution in [2.45, 2.75) is 25.9 Å². The smallest absolute Gasteiger partial charge is 0.254 e. The number of hydrogen-bond acceptors (Lipinski definition) is 4. The van der Waals surface area contributed by atoms with Crippen molar-refractivity contribution in [3.63, 3.8) is 0 Å². The highest BCUT2D eigenvalue weighted by molar-refractivity contribution is 5.97. The number of para-hydroxylation sites is 2. The second-order valence-electron chi connectivity index (χ2n) is 8.71. The molecule has 2 heterocycles. The molecule has 3 aromatic carbocycles. The van der Waals surface area contributed by atoms with Gasteiger partial charge in [0.1, 0.15) is 5.82 Å². The summed E-state index contributed by atoms with van der Waals surface area (Å²) in [6.07, 6.45) is 0.545. The molecular formula is C27H27N3O3. The van der Waals surface area contributed by atoms with Gasteiger partial charge in [-0.25, -0.2) is 4.98 Å². The zero-order chi connectivity index (χ0) is 22.9. The topological polar surface area (TPSA) is 89.4 Å². The zero-order valence-corrected chi connectivity index (χ0v) is 18.6. The maximum atomic E-state index is 13.0. The molecule has 6 heteroatoms. The molecule has 1 aromatic heterocycles. The van der Waals surface area contributed by atoms with Gasteiger partial charge in [-0.2, -0.15) is 0 Å². The molecule has 0 spiro atoms. The van der Waals surface area contributed by atoms with Crippen LogP contribution in [0.15, 0.2) is 60.7 Å². The minimum Gasteiger partial charge on any atom is -0.394 e. The number of carbonyl (C=O) groups is 1. The summed E-state index contributed by atoms with van der Waals surface area (Å²) in [6.45, 7) is 2.43. The van der Waals surface area contributed by atoms with Gasteiger partial charge in [0.25, 0.3) is 5.91 Å². The molecule has 6 nitrogen and oxygen atoms in total. The van der Waals surface area contributed by atoms with E-state index in [9.17, 15) is 9.90 Å². The Bertz CT molecular complexity index is 1290. The summed E-state index contributed by atoms with van der Waals surface area (Å²) in [5.41, 5.74) is 8.26. The molecular weight excluding hydrogens is 414 g/mol. The lowest BCUT2D eigenvalue weighted by atomic mass is 9.90. The van der Waals surface area contributed by atoms with E-state index < -0.39 is 6.10 Å². The third kappa shape index (κ3) is 4.15. The predicted molar refractivity (Wildman–Crippen MR) is 128 cm³/mol. The van der Waals surface area contributed by atoms with Crippen LogP contribution in [0, 0.1) is 6.92 Å². The highest BCUT2D eigenvalue weighted by atomic mass is 16.3. The summed E-state index contributed by atoms with van der Waals surface area (Å²) >= 11 is 0. The number of aliphatic hydroxyl groups excluding tert-OH is 2. The number of aromatic amines is 1. The Morgan fingerprint density at radius 2 is 1.94 bits per heavy atom. The fourth-order valence-electron chi connectivity index (χ4n) is 4.64. The molecule has 168 valence electrons. The summed E-state index contributed by atoms with van der Waals surface area (Å²) in [5.74, 6) is 0.774. The number of amides is 1. The van der Waals surface area contributed by atoms with E-state index in [4.69, 9.17) is 10.1 Å². The molecule has 0 aliphatic carbocycles. The Hall–Kier alpha value is -3.48. The van der Waals surface area contributed by atoms with Crippen molar-refractivity contribution in [2.75, 3.05) is 19.7 Å². The van der Waals surface area contributed by atoms with Gasteiger partial charge >= 0.3 is 0 Å². The fourth-order valence-corrected chi connectivity index (χ4v) is 4.64. The summed E-state index contributed by atoms with van der Waals surface area (Å²) in [5, 5.41) is 18.9. The standard InChI is InChI=1S/C27H27N3O3/c1-17-9-10-18(14-23(17)26-28-24-7-2-3-8-25(24)29-26)13-19-5-4-6-22-21(19)11-12-30(27(22)33)15-20(32)16-31/h2-10,14,20,31-32H,11-13,15-16H2,1H3,(H,28,29)/t20-/m0/s1. The second-order valence-corrected chi connectivity index (χ2v) is 8.71. The number of hydrogen-bond donors (Lipinski definition) is 3. The molecule has 1 aliphatic heterocycles. The van der Waals surface area contributed by atoms with Crippen molar-refractivity contribution < 1.29 is 15.0 Å². The van der Waals surface area contributed by atoms with E-state index in [0.29, 0.717) is 12.1 Å². The molecule has 1 aliphatic rings. The molecule has 0 unspecified atom stereocenters. The van der Waals surface area contributed by atoms with Gasteiger partial charge in [0.15, 0.2) is 0 Å². The van der Waals surface area contributed by atoms with Crippen molar-refractivity contribution in [3.8, 4) is 11.4 Å². The van der Waals surface area contributed by atoms with Gasteiger partial charge in [-0.05, 0) is 66.3 Å². The van der Waals surface area contributed by atoms with Crippen LogP contribution in [0.5, 0.6) is 0 Å². The van der Waals surface area contributed by atoms with E-state index in [2.05, 4.69) is 36.2 Å². The monoisotopic (exact) mass is 441 g/mol. The van der Waals surface area contributed by atoms with E-state index in [-0.39, 0.29) is 19.1 Å². The van der Waals surface area contributed by atoms with Crippen molar-refractivity contribution >= 4 is 16.9 Å². The molecule has 1 amide bonds. The molecule has 3 N–H and O–H groups in total. The Labute approximate surface area is 192 Å². The third-order valence-corrected chi connectivity index (χ3v) is 6.41. The number of aromatic nitrogens is 2. The summed E-state index contributed by atoms with van der Waals surface area (Å²) in [6, 6.07) is 20.3. The van der Waals surface area contributed by atoms with Crippen LogP contribution in [0.3, 0.4) is 0 Å². The van der Waals surface area contributed by atoms with Gasteiger partial charge in [-0.1, -0.05) is 36.4 Å². The Morgan fingerprint density at radius 1 is 1.09 bits per heavy atom. The second kappa shape index (κ2) is 8.81. The number of aryl methyl sites for hydroxylation is 1. The van der Waals surface area contributed by atoms with Crippen LogP contribution in [-0.4, -0.2) is 56.8 Å². The average molecular weight is 442 g/mol. The lowest BCUT2D eigenvalue weighted by Crippen LogP contribution is -2.43. The van der Waals surface area contributed by atoms with Gasteiger partial charge in [-0.15, -0.1) is 0 Å². The number of carbonyl (C=O) groups excluding carboxylic acids is 1. The first kappa shape index (κ1) is 21.4. The first-order chi connectivity index (χ1) is 16.0. The highest BCUT2D eigenvalue weighted by Crippen LogP contribution is 2.28.